The molecule has 0 spiro atoms. The monoisotopic (exact) mass is 219 g/mol. The number of aromatic nitrogens is 2. The Labute approximate surface area is 83.5 Å². The summed E-state index contributed by atoms with van der Waals surface area (Å²) in [7, 11) is 0. The molecule has 0 atom stereocenters. The quantitative estimate of drug-likeness (QED) is 0.814. The van der Waals surface area contributed by atoms with Gasteiger partial charge in [0.05, 0.1) is 19.3 Å². The lowest BCUT2D eigenvalue weighted by molar-refractivity contribution is -0.144. The second kappa shape index (κ2) is 3.65. The number of nitrogens with zero attached hydrogens (tertiary/aromatic N) is 2. The summed E-state index contributed by atoms with van der Waals surface area (Å²) < 4.78 is 41.5. The van der Waals surface area contributed by atoms with Crippen LogP contribution < -0.4 is 5.32 Å². The number of nitrogens with one attached hydrogen (secondary N) is 1. The molecule has 2 heterocycles. The second-order valence-corrected chi connectivity index (χ2v) is 3.14. The minimum Gasteiger partial charge on any atom is -0.377 e. The Kier molecular flexibility index (Phi) is 2.47. The molecule has 0 unspecified atom stereocenters. The molecule has 2 rings (SSSR count). The van der Waals surface area contributed by atoms with Crippen LogP contribution in [-0.2, 0) is 10.9 Å². The van der Waals surface area contributed by atoms with Crippen LogP contribution in [0.15, 0.2) is 12.3 Å². The zero-order valence-electron chi connectivity index (χ0n) is 7.58. The Balaban J connectivity index is 2.11. The molecule has 0 aliphatic carbocycles. The Morgan fingerprint density at radius 3 is 2.67 bits per heavy atom. The minimum absolute atomic E-state index is 0.0426. The Morgan fingerprint density at radius 1 is 1.40 bits per heavy atom. The van der Waals surface area contributed by atoms with Gasteiger partial charge in [-0.05, 0) is 6.07 Å². The molecule has 0 saturated carbocycles. The van der Waals surface area contributed by atoms with E-state index in [1.807, 2.05) is 0 Å². The first kappa shape index (κ1) is 10.2. The number of anilines is 1. The molecule has 7 heteroatoms. The number of rotatable bonds is 2. The SMILES string of the molecule is FC(F)(F)c1nccc(NC2COC2)n1. The van der Waals surface area contributed by atoms with E-state index >= 15 is 0 Å². The van der Waals surface area contributed by atoms with Crippen molar-refractivity contribution in [2.75, 3.05) is 18.5 Å². The molecule has 15 heavy (non-hydrogen) atoms. The van der Waals surface area contributed by atoms with Crippen LogP contribution in [-0.4, -0.2) is 29.2 Å². The number of hydrogen-bond donors (Lipinski definition) is 1. The molecule has 1 aliphatic heterocycles. The van der Waals surface area contributed by atoms with Gasteiger partial charge in [0.15, 0.2) is 0 Å². The summed E-state index contributed by atoms with van der Waals surface area (Å²) in [6.45, 7) is 0.983. The number of hydrogen-bond acceptors (Lipinski definition) is 4. The number of alkyl halides is 3. The van der Waals surface area contributed by atoms with Crippen LogP contribution >= 0.6 is 0 Å². The smallest absolute Gasteiger partial charge is 0.377 e. The van der Waals surface area contributed by atoms with Crippen LogP contribution in [0.3, 0.4) is 0 Å². The van der Waals surface area contributed by atoms with Crippen molar-refractivity contribution in [3.8, 4) is 0 Å². The standard InChI is InChI=1S/C8H8F3N3O/c9-8(10,11)7-12-2-1-6(14-7)13-5-3-15-4-5/h1-2,5H,3-4H2,(H,12,13,14). The number of ether oxygens (including phenoxy) is 1. The molecule has 0 bridgehead atoms. The predicted molar refractivity (Wildman–Crippen MR) is 45.3 cm³/mol. The molecule has 1 saturated heterocycles. The Bertz CT molecular complexity index is 351. The van der Waals surface area contributed by atoms with Crippen molar-refractivity contribution in [1.29, 1.82) is 0 Å². The highest BCUT2D eigenvalue weighted by molar-refractivity contribution is 5.35. The van der Waals surface area contributed by atoms with Crippen LogP contribution in [0.4, 0.5) is 19.0 Å². The van der Waals surface area contributed by atoms with E-state index < -0.39 is 12.0 Å². The fraction of sp³-hybridized carbons (Fsp3) is 0.500. The molecule has 1 aromatic rings. The lowest BCUT2D eigenvalue weighted by Gasteiger charge is -2.27. The van der Waals surface area contributed by atoms with Gasteiger partial charge in [-0.1, -0.05) is 0 Å². The van der Waals surface area contributed by atoms with E-state index in [1.54, 1.807) is 0 Å². The molecule has 0 amide bonds. The summed E-state index contributed by atoms with van der Waals surface area (Å²) in [4.78, 5) is 6.52. The summed E-state index contributed by atoms with van der Waals surface area (Å²) >= 11 is 0. The van der Waals surface area contributed by atoms with Gasteiger partial charge in [-0.15, -0.1) is 0 Å². The molecule has 0 aromatic carbocycles. The highest BCUT2D eigenvalue weighted by atomic mass is 19.4. The second-order valence-electron chi connectivity index (χ2n) is 3.14. The first-order valence-electron chi connectivity index (χ1n) is 4.30. The van der Waals surface area contributed by atoms with Crippen molar-refractivity contribution in [3.05, 3.63) is 18.1 Å². The molecular weight excluding hydrogens is 211 g/mol. The first-order valence-corrected chi connectivity index (χ1v) is 4.30. The van der Waals surface area contributed by atoms with Crippen molar-refractivity contribution in [2.24, 2.45) is 0 Å². The van der Waals surface area contributed by atoms with Gasteiger partial charge in [0.2, 0.25) is 5.82 Å². The summed E-state index contributed by atoms with van der Waals surface area (Å²) in [5.74, 6) is -0.960. The molecule has 1 aliphatic rings. The normalized spacial score (nSPS) is 17.3. The molecular formula is C8H8F3N3O. The third-order valence-corrected chi connectivity index (χ3v) is 1.90. The zero-order chi connectivity index (χ0) is 10.9. The fourth-order valence-corrected chi connectivity index (χ4v) is 1.10. The lowest BCUT2D eigenvalue weighted by atomic mass is 10.2. The van der Waals surface area contributed by atoms with Gasteiger partial charge in [-0.2, -0.15) is 13.2 Å². The van der Waals surface area contributed by atoms with E-state index in [4.69, 9.17) is 4.74 Å². The van der Waals surface area contributed by atoms with Crippen LogP contribution in [0, 0.1) is 0 Å². The summed E-state index contributed by atoms with van der Waals surface area (Å²) in [5.41, 5.74) is 0. The van der Waals surface area contributed by atoms with Gasteiger partial charge in [0.25, 0.3) is 0 Å². The van der Waals surface area contributed by atoms with Crippen molar-refractivity contribution in [3.63, 3.8) is 0 Å². The number of halogens is 3. The van der Waals surface area contributed by atoms with Crippen molar-refractivity contribution < 1.29 is 17.9 Å². The van der Waals surface area contributed by atoms with Gasteiger partial charge < -0.3 is 10.1 Å². The van der Waals surface area contributed by atoms with Crippen LogP contribution in [0.5, 0.6) is 0 Å². The average Bonchev–Trinajstić information content (AvgIpc) is 2.11. The largest absolute Gasteiger partial charge is 0.451 e. The van der Waals surface area contributed by atoms with E-state index in [0.29, 0.717) is 13.2 Å². The molecule has 82 valence electrons. The molecule has 1 aromatic heterocycles. The van der Waals surface area contributed by atoms with Gasteiger partial charge in [0, 0.05) is 6.20 Å². The third kappa shape index (κ3) is 2.35. The van der Waals surface area contributed by atoms with Gasteiger partial charge in [0.1, 0.15) is 5.82 Å². The van der Waals surface area contributed by atoms with E-state index in [9.17, 15) is 13.2 Å². The van der Waals surface area contributed by atoms with Crippen molar-refractivity contribution in [2.45, 2.75) is 12.2 Å². The summed E-state index contributed by atoms with van der Waals surface area (Å²) in [6.07, 6.45) is -3.43. The Hall–Kier alpha value is -1.37. The highest BCUT2D eigenvalue weighted by Gasteiger charge is 2.34. The maximum absolute atomic E-state index is 12.2. The predicted octanol–water partition coefficient (Wildman–Crippen LogP) is 1.31. The van der Waals surface area contributed by atoms with E-state index in [1.165, 1.54) is 6.07 Å². The maximum Gasteiger partial charge on any atom is 0.451 e. The van der Waals surface area contributed by atoms with Crippen LogP contribution in [0.1, 0.15) is 5.82 Å². The van der Waals surface area contributed by atoms with Crippen LogP contribution in [0.2, 0.25) is 0 Å². The molecule has 1 fully saturated rings. The maximum atomic E-state index is 12.2. The minimum atomic E-state index is -4.51. The van der Waals surface area contributed by atoms with Gasteiger partial charge in [-0.25, -0.2) is 9.97 Å². The van der Waals surface area contributed by atoms with Crippen molar-refractivity contribution in [1.82, 2.24) is 9.97 Å². The van der Waals surface area contributed by atoms with E-state index in [-0.39, 0.29) is 11.9 Å². The van der Waals surface area contributed by atoms with E-state index in [2.05, 4.69) is 15.3 Å². The first-order chi connectivity index (χ1) is 7.05. The van der Waals surface area contributed by atoms with Gasteiger partial charge in [-0.3, -0.25) is 0 Å². The fourth-order valence-electron chi connectivity index (χ4n) is 1.10. The molecule has 0 radical (unpaired) electrons. The molecule has 4 nitrogen and oxygen atoms in total. The zero-order valence-corrected chi connectivity index (χ0v) is 7.58. The summed E-state index contributed by atoms with van der Waals surface area (Å²) in [6, 6.07) is 1.44. The molecule has 1 N–H and O–H groups in total. The van der Waals surface area contributed by atoms with E-state index in [0.717, 1.165) is 6.20 Å². The lowest BCUT2D eigenvalue weighted by Crippen LogP contribution is -2.40. The topological polar surface area (TPSA) is 47.0 Å². The highest BCUT2D eigenvalue weighted by Crippen LogP contribution is 2.26. The summed E-state index contributed by atoms with van der Waals surface area (Å²) in [5, 5.41) is 2.81. The van der Waals surface area contributed by atoms with Crippen LogP contribution in [0.25, 0.3) is 0 Å². The third-order valence-electron chi connectivity index (χ3n) is 1.90. The van der Waals surface area contributed by atoms with Crippen molar-refractivity contribution >= 4 is 5.82 Å². The Morgan fingerprint density at radius 2 is 2.13 bits per heavy atom. The van der Waals surface area contributed by atoms with Gasteiger partial charge >= 0.3 is 6.18 Å². The average molecular weight is 219 g/mol.